The van der Waals surface area contributed by atoms with Gasteiger partial charge >= 0.3 is 0 Å². The van der Waals surface area contributed by atoms with Crippen molar-refractivity contribution in [1.82, 2.24) is 15.0 Å². The molecule has 0 aliphatic rings. The van der Waals surface area contributed by atoms with E-state index >= 15 is 0 Å². The van der Waals surface area contributed by atoms with Gasteiger partial charge in [0.2, 0.25) is 0 Å². The van der Waals surface area contributed by atoms with Gasteiger partial charge in [-0.15, -0.1) is 11.3 Å². The van der Waals surface area contributed by atoms with Crippen molar-refractivity contribution < 1.29 is 0 Å². The first kappa shape index (κ1) is 34.7. The maximum atomic E-state index is 5.07. The molecule has 0 unspecified atom stereocenters. The summed E-state index contributed by atoms with van der Waals surface area (Å²) in [4.78, 5) is 15.1. The van der Waals surface area contributed by atoms with Crippen molar-refractivity contribution in [3.8, 4) is 78.7 Å². The van der Waals surface area contributed by atoms with Crippen molar-refractivity contribution in [3.63, 3.8) is 0 Å². The molecule has 59 heavy (non-hydrogen) atoms. The van der Waals surface area contributed by atoms with Crippen molar-refractivity contribution in [1.29, 1.82) is 0 Å². The van der Waals surface area contributed by atoms with Crippen LogP contribution in [0.1, 0.15) is 0 Å². The van der Waals surface area contributed by atoms with Crippen LogP contribution >= 0.6 is 11.3 Å². The van der Waals surface area contributed by atoms with E-state index in [1.165, 1.54) is 53.2 Å². The predicted molar refractivity (Wildman–Crippen MR) is 248 cm³/mol. The summed E-state index contributed by atoms with van der Waals surface area (Å²) in [6.45, 7) is 0. The van der Waals surface area contributed by atoms with Gasteiger partial charge < -0.3 is 0 Å². The summed E-state index contributed by atoms with van der Waals surface area (Å²) in [5.41, 5.74) is 12.2. The molecule has 0 radical (unpaired) electrons. The minimum Gasteiger partial charge on any atom is -0.208 e. The smallest absolute Gasteiger partial charge is 0.164 e. The van der Waals surface area contributed by atoms with Gasteiger partial charge in [0, 0.05) is 36.9 Å². The number of aromatic nitrogens is 3. The summed E-state index contributed by atoms with van der Waals surface area (Å²) in [7, 11) is 0. The average molecular weight is 770 g/mol. The van der Waals surface area contributed by atoms with Crippen LogP contribution in [0.5, 0.6) is 0 Å². The lowest BCUT2D eigenvalue weighted by Crippen LogP contribution is -2.00. The minimum absolute atomic E-state index is 0.634. The minimum atomic E-state index is 0.634. The number of hydrogen-bond donors (Lipinski definition) is 0. The molecule has 0 atom stereocenters. The van der Waals surface area contributed by atoms with Gasteiger partial charge in [-0.25, -0.2) is 15.0 Å². The van der Waals surface area contributed by atoms with Crippen molar-refractivity contribution in [3.05, 3.63) is 212 Å². The summed E-state index contributed by atoms with van der Waals surface area (Å²) in [5, 5.41) is 5.18. The third-order valence-electron chi connectivity index (χ3n) is 11.1. The molecule has 0 N–H and O–H groups in total. The van der Waals surface area contributed by atoms with E-state index in [1.807, 2.05) is 47.7 Å². The lowest BCUT2D eigenvalue weighted by atomic mass is 9.94. The molecule has 0 saturated carbocycles. The number of benzene rings is 9. The molecular formula is C55H35N3S. The first-order valence-electron chi connectivity index (χ1n) is 19.8. The maximum Gasteiger partial charge on any atom is 0.164 e. The zero-order valence-corrected chi connectivity index (χ0v) is 32.8. The molecule has 0 amide bonds. The molecule has 2 aromatic heterocycles. The number of nitrogens with zero attached hydrogens (tertiary/aromatic N) is 3. The zero-order chi connectivity index (χ0) is 39.1. The van der Waals surface area contributed by atoms with Crippen molar-refractivity contribution in [2.45, 2.75) is 0 Å². The van der Waals surface area contributed by atoms with E-state index in [4.69, 9.17) is 15.0 Å². The summed E-state index contributed by atoms with van der Waals surface area (Å²) in [6, 6.07) is 75.3. The number of thiophene rings is 1. The second-order valence-corrected chi connectivity index (χ2v) is 15.9. The fraction of sp³-hybridized carbons (Fsp3) is 0. The van der Waals surface area contributed by atoms with E-state index in [9.17, 15) is 0 Å². The van der Waals surface area contributed by atoms with E-state index in [2.05, 4.69) is 176 Å². The molecule has 0 spiro atoms. The van der Waals surface area contributed by atoms with Crippen LogP contribution in [0.3, 0.4) is 0 Å². The molecule has 0 bridgehead atoms. The van der Waals surface area contributed by atoms with Crippen molar-refractivity contribution in [2.75, 3.05) is 0 Å². The Balaban J connectivity index is 0.951. The molecule has 9 aromatic carbocycles. The third-order valence-corrected chi connectivity index (χ3v) is 12.2. The van der Waals surface area contributed by atoms with Gasteiger partial charge in [-0.1, -0.05) is 176 Å². The Kier molecular flexibility index (Phi) is 8.68. The molecule has 0 aliphatic heterocycles. The largest absolute Gasteiger partial charge is 0.208 e. The highest BCUT2D eigenvalue weighted by Gasteiger charge is 2.15. The monoisotopic (exact) mass is 769 g/mol. The van der Waals surface area contributed by atoms with Gasteiger partial charge in [-0.2, -0.15) is 0 Å². The van der Waals surface area contributed by atoms with Gasteiger partial charge in [0.1, 0.15) is 0 Å². The van der Waals surface area contributed by atoms with E-state index in [1.54, 1.807) is 0 Å². The van der Waals surface area contributed by atoms with E-state index in [-0.39, 0.29) is 0 Å². The van der Waals surface area contributed by atoms with E-state index < -0.39 is 0 Å². The number of rotatable bonds is 7. The molecule has 4 heteroatoms. The van der Waals surface area contributed by atoms with Crippen LogP contribution in [0.25, 0.3) is 110 Å². The molecule has 0 aliphatic carbocycles. The molecule has 3 nitrogen and oxygen atoms in total. The van der Waals surface area contributed by atoms with Crippen LogP contribution in [0.15, 0.2) is 212 Å². The molecular weight excluding hydrogens is 735 g/mol. The van der Waals surface area contributed by atoms with Crippen LogP contribution in [0.4, 0.5) is 0 Å². The Morgan fingerprint density at radius 3 is 1.34 bits per heavy atom. The van der Waals surface area contributed by atoms with Crippen LogP contribution < -0.4 is 0 Å². The molecule has 11 rings (SSSR count). The topological polar surface area (TPSA) is 38.7 Å². The quantitative estimate of drug-likeness (QED) is 0.162. The highest BCUT2D eigenvalue weighted by atomic mass is 32.1. The van der Waals surface area contributed by atoms with Crippen LogP contribution in [0.2, 0.25) is 0 Å². The van der Waals surface area contributed by atoms with Crippen LogP contribution in [-0.4, -0.2) is 15.0 Å². The SMILES string of the molecule is c1ccc(-c2ccc(-c3nc(-c4ccccc4)nc(-c4cccc(-c5cccc(-c6cccc(-c7cccc8sc9cc%10ccccc%10cc9c78)c6)c5)c4)n3)cc2)cc1. The summed E-state index contributed by atoms with van der Waals surface area (Å²) >= 11 is 1.87. The summed E-state index contributed by atoms with van der Waals surface area (Å²) in [5.74, 6) is 1.92. The normalized spacial score (nSPS) is 11.4. The third kappa shape index (κ3) is 6.66. The van der Waals surface area contributed by atoms with E-state index in [0.29, 0.717) is 17.5 Å². The van der Waals surface area contributed by atoms with Crippen molar-refractivity contribution in [2.24, 2.45) is 0 Å². The van der Waals surface area contributed by atoms with Crippen molar-refractivity contribution >= 4 is 42.3 Å². The Labute approximate surface area is 346 Å². The van der Waals surface area contributed by atoms with Crippen LogP contribution in [0, 0.1) is 0 Å². The second-order valence-electron chi connectivity index (χ2n) is 14.8. The first-order valence-corrected chi connectivity index (χ1v) is 20.6. The fourth-order valence-corrected chi connectivity index (χ4v) is 9.29. The first-order chi connectivity index (χ1) is 29.2. The lowest BCUT2D eigenvalue weighted by molar-refractivity contribution is 1.07. The maximum absolute atomic E-state index is 5.07. The number of fused-ring (bicyclic) bond motifs is 4. The van der Waals surface area contributed by atoms with Gasteiger partial charge in [-0.3, -0.25) is 0 Å². The standard InChI is InChI=1S/C55H35N3S/c1-3-13-36(14-4-1)37-27-29-39(30-28-37)54-56-53(38-15-5-2-6-16-38)57-55(58-54)47-24-11-22-43(33-47)41-20-9-19-40(31-41)42-21-10-23-46(32-42)48-25-12-26-50-52(48)49-34-44-17-7-8-18-45(44)35-51(49)59-50/h1-35H. The average Bonchev–Trinajstić information content (AvgIpc) is 3.69. The number of hydrogen-bond acceptors (Lipinski definition) is 4. The second kappa shape index (κ2) is 14.8. The van der Waals surface area contributed by atoms with Gasteiger partial charge in [0.15, 0.2) is 17.5 Å². The molecule has 11 aromatic rings. The van der Waals surface area contributed by atoms with Gasteiger partial charge in [-0.05, 0) is 91.7 Å². The molecule has 276 valence electrons. The summed E-state index contributed by atoms with van der Waals surface area (Å²) < 4.78 is 2.63. The van der Waals surface area contributed by atoms with Crippen LogP contribution in [-0.2, 0) is 0 Å². The van der Waals surface area contributed by atoms with Gasteiger partial charge in [0.25, 0.3) is 0 Å². The molecule has 2 heterocycles. The lowest BCUT2D eigenvalue weighted by Gasteiger charge is -2.11. The Bertz CT molecular complexity index is 3320. The summed E-state index contributed by atoms with van der Waals surface area (Å²) in [6.07, 6.45) is 0. The van der Waals surface area contributed by atoms with Gasteiger partial charge in [0.05, 0.1) is 0 Å². The zero-order valence-electron chi connectivity index (χ0n) is 32.0. The van der Waals surface area contributed by atoms with E-state index in [0.717, 1.165) is 38.9 Å². The highest BCUT2D eigenvalue weighted by Crippen LogP contribution is 2.42. The molecule has 0 saturated heterocycles. The Morgan fingerprint density at radius 1 is 0.271 bits per heavy atom. The Hall–Kier alpha value is -7.53. The molecule has 0 fully saturated rings. The highest BCUT2D eigenvalue weighted by molar-refractivity contribution is 7.26. The fourth-order valence-electron chi connectivity index (χ4n) is 8.13. The Morgan fingerprint density at radius 2 is 0.695 bits per heavy atom. The predicted octanol–water partition coefficient (Wildman–Crippen LogP) is 15.1.